The Morgan fingerprint density at radius 2 is 2.00 bits per heavy atom. The Kier molecular flexibility index (Phi) is 4.30. The van der Waals surface area contributed by atoms with Gasteiger partial charge in [-0.2, -0.15) is 0 Å². The lowest BCUT2D eigenvalue weighted by Gasteiger charge is -2.17. The molecule has 1 saturated heterocycles. The van der Waals surface area contributed by atoms with E-state index in [0.29, 0.717) is 6.42 Å². The summed E-state index contributed by atoms with van der Waals surface area (Å²) in [6, 6.07) is 4.49. The Hall–Kier alpha value is -3.10. The summed E-state index contributed by atoms with van der Waals surface area (Å²) in [7, 11) is 0. The lowest BCUT2D eigenvalue weighted by atomic mass is 9.97. The average molecular weight is 349 g/mol. The molecule has 1 N–H and O–H groups in total. The van der Waals surface area contributed by atoms with Crippen molar-refractivity contribution in [2.45, 2.75) is 12.3 Å². The summed E-state index contributed by atoms with van der Waals surface area (Å²) in [5.41, 5.74) is -1.76. The molecule has 9 heteroatoms. The van der Waals surface area contributed by atoms with Gasteiger partial charge in [-0.25, -0.2) is 8.78 Å². The van der Waals surface area contributed by atoms with Crippen LogP contribution in [-0.2, 0) is 0 Å². The number of pyridine rings is 1. The molecule has 1 atom stereocenters. The highest BCUT2D eigenvalue weighted by molar-refractivity contribution is 5.94. The maximum atomic E-state index is 13.9. The zero-order valence-electron chi connectivity index (χ0n) is 12.9. The van der Waals surface area contributed by atoms with Gasteiger partial charge in [0.05, 0.1) is 10.5 Å². The van der Waals surface area contributed by atoms with Gasteiger partial charge in [-0.3, -0.25) is 19.7 Å². The van der Waals surface area contributed by atoms with Crippen molar-refractivity contribution in [1.29, 1.82) is 0 Å². The first-order valence-corrected chi connectivity index (χ1v) is 7.48. The number of nitro groups is 1. The summed E-state index contributed by atoms with van der Waals surface area (Å²) in [5, 5.41) is 10.8. The highest BCUT2D eigenvalue weighted by Gasteiger charge is 2.32. The number of carbonyl (C=O) groups is 1. The van der Waals surface area contributed by atoms with Crippen LogP contribution >= 0.6 is 0 Å². The number of aromatic amines is 1. The number of amides is 1. The molecule has 2 heterocycles. The lowest BCUT2D eigenvalue weighted by Crippen LogP contribution is -2.29. The van der Waals surface area contributed by atoms with Gasteiger partial charge in [0.1, 0.15) is 11.6 Å². The molecule has 2 aromatic rings. The molecular formula is C16H13F2N3O4. The fraction of sp³-hybridized carbons (Fsp3) is 0.250. The summed E-state index contributed by atoms with van der Waals surface area (Å²) < 4.78 is 27.8. The number of rotatable bonds is 3. The fourth-order valence-electron chi connectivity index (χ4n) is 2.99. The molecule has 0 aliphatic carbocycles. The summed E-state index contributed by atoms with van der Waals surface area (Å²) in [6.07, 6.45) is 1.46. The van der Waals surface area contributed by atoms with Gasteiger partial charge in [0, 0.05) is 36.8 Å². The molecule has 1 aromatic carbocycles. The number of hydrogen-bond acceptors (Lipinski definition) is 4. The molecule has 1 amide bonds. The molecular weight excluding hydrogens is 336 g/mol. The monoisotopic (exact) mass is 349 g/mol. The van der Waals surface area contributed by atoms with Crippen LogP contribution in [0, 0.1) is 21.7 Å². The molecule has 1 aliphatic rings. The van der Waals surface area contributed by atoms with Crippen molar-refractivity contribution in [2.75, 3.05) is 13.1 Å². The summed E-state index contributed by atoms with van der Waals surface area (Å²) >= 11 is 0. The topological polar surface area (TPSA) is 96.3 Å². The third-order valence-electron chi connectivity index (χ3n) is 4.21. The minimum atomic E-state index is -0.908. The van der Waals surface area contributed by atoms with Gasteiger partial charge in [-0.05, 0) is 18.6 Å². The van der Waals surface area contributed by atoms with E-state index in [0.717, 1.165) is 24.4 Å². The maximum Gasteiger partial charge on any atom is 0.334 e. The van der Waals surface area contributed by atoms with Gasteiger partial charge in [-0.15, -0.1) is 0 Å². The van der Waals surface area contributed by atoms with E-state index in [9.17, 15) is 28.5 Å². The molecule has 0 bridgehead atoms. The van der Waals surface area contributed by atoms with Crippen molar-refractivity contribution in [1.82, 2.24) is 9.88 Å². The first-order valence-electron chi connectivity index (χ1n) is 7.48. The van der Waals surface area contributed by atoms with E-state index in [1.807, 2.05) is 0 Å². The summed E-state index contributed by atoms with van der Waals surface area (Å²) in [5.74, 6) is -2.38. The standard InChI is InChI=1S/C16H13F2N3O4/c17-11-2-1-3-12(18)14(11)9-4-5-20(8-9)16(23)10-6-13(21(24)25)15(22)19-7-10/h1-3,6-7,9H,4-5,8H2,(H,19,22)/t9-/m1/s1. The zero-order chi connectivity index (χ0) is 18.1. The van der Waals surface area contributed by atoms with Crippen LogP contribution in [0.5, 0.6) is 0 Å². The van der Waals surface area contributed by atoms with Crippen molar-refractivity contribution in [2.24, 2.45) is 0 Å². The minimum absolute atomic E-state index is 0.0547. The van der Waals surface area contributed by atoms with E-state index in [4.69, 9.17) is 0 Å². The number of benzene rings is 1. The molecule has 130 valence electrons. The largest absolute Gasteiger partial charge is 0.338 e. The maximum absolute atomic E-state index is 13.9. The van der Waals surface area contributed by atoms with Gasteiger partial charge in [0.15, 0.2) is 0 Å². The van der Waals surface area contributed by atoms with Gasteiger partial charge >= 0.3 is 11.2 Å². The van der Waals surface area contributed by atoms with Crippen molar-refractivity contribution in [3.63, 3.8) is 0 Å². The van der Waals surface area contributed by atoms with Crippen LogP contribution in [0.15, 0.2) is 35.3 Å². The Morgan fingerprint density at radius 3 is 2.64 bits per heavy atom. The minimum Gasteiger partial charge on any atom is -0.338 e. The number of carbonyl (C=O) groups excluding carboxylic acids is 1. The smallest absolute Gasteiger partial charge is 0.334 e. The average Bonchev–Trinajstić information content (AvgIpc) is 3.04. The number of likely N-dealkylation sites (tertiary alicyclic amines) is 1. The molecule has 25 heavy (non-hydrogen) atoms. The quantitative estimate of drug-likeness (QED) is 0.678. The Morgan fingerprint density at radius 1 is 1.32 bits per heavy atom. The fourth-order valence-corrected chi connectivity index (χ4v) is 2.99. The van der Waals surface area contributed by atoms with Crippen LogP contribution in [0.25, 0.3) is 0 Å². The highest BCUT2D eigenvalue weighted by atomic mass is 19.1. The molecule has 0 radical (unpaired) electrons. The number of nitrogens with one attached hydrogen (secondary N) is 1. The SMILES string of the molecule is O=C(c1c[nH]c(=O)c([N+](=O)[O-])c1)N1CC[C@@H](c2c(F)cccc2F)C1. The van der Waals surface area contributed by atoms with Crippen LogP contribution in [0.3, 0.4) is 0 Å². The normalized spacial score (nSPS) is 16.9. The van der Waals surface area contributed by atoms with E-state index < -0.39 is 39.6 Å². The number of aromatic nitrogens is 1. The first-order chi connectivity index (χ1) is 11.9. The van der Waals surface area contributed by atoms with E-state index in [-0.39, 0.29) is 24.2 Å². The second-order valence-corrected chi connectivity index (χ2v) is 5.73. The third-order valence-corrected chi connectivity index (χ3v) is 4.21. The molecule has 1 aromatic heterocycles. The van der Waals surface area contributed by atoms with Gasteiger partial charge in [-0.1, -0.05) is 6.07 Å². The second-order valence-electron chi connectivity index (χ2n) is 5.73. The van der Waals surface area contributed by atoms with E-state index >= 15 is 0 Å². The second kappa shape index (κ2) is 6.42. The Labute approximate surface area is 140 Å². The summed E-state index contributed by atoms with van der Waals surface area (Å²) in [6.45, 7) is 0.341. The van der Waals surface area contributed by atoms with Gasteiger partial charge in [0.2, 0.25) is 0 Å². The molecule has 1 aliphatic heterocycles. The van der Waals surface area contributed by atoms with E-state index in [2.05, 4.69) is 4.98 Å². The van der Waals surface area contributed by atoms with Crippen molar-refractivity contribution in [3.8, 4) is 0 Å². The van der Waals surface area contributed by atoms with E-state index in [1.54, 1.807) is 0 Å². The number of H-pyrrole nitrogens is 1. The molecule has 1 fully saturated rings. The Bertz CT molecular complexity index is 892. The number of hydrogen-bond donors (Lipinski definition) is 1. The number of nitrogens with zero attached hydrogens (tertiary/aromatic N) is 2. The van der Waals surface area contributed by atoms with E-state index in [1.165, 1.54) is 11.0 Å². The Balaban J connectivity index is 1.83. The number of halogens is 2. The van der Waals surface area contributed by atoms with Crippen LogP contribution in [0.4, 0.5) is 14.5 Å². The molecule has 0 spiro atoms. The van der Waals surface area contributed by atoms with Gasteiger partial charge < -0.3 is 9.88 Å². The van der Waals surface area contributed by atoms with Crippen LogP contribution in [0.1, 0.15) is 28.3 Å². The molecule has 0 saturated carbocycles. The van der Waals surface area contributed by atoms with Crippen LogP contribution in [0.2, 0.25) is 0 Å². The third kappa shape index (κ3) is 3.12. The van der Waals surface area contributed by atoms with Crippen LogP contribution < -0.4 is 5.56 Å². The summed E-state index contributed by atoms with van der Waals surface area (Å²) in [4.78, 5) is 37.3. The van der Waals surface area contributed by atoms with Crippen molar-refractivity contribution >= 4 is 11.6 Å². The predicted molar refractivity (Wildman–Crippen MR) is 83.3 cm³/mol. The first kappa shape index (κ1) is 16.7. The zero-order valence-corrected chi connectivity index (χ0v) is 12.9. The molecule has 7 nitrogen and oxygen atoms in total. The lowest BCUT2D eigenvalue weighted by molar-refractivity contribution is -0.386. The van der Waals surface area contributed by atoms with Crippen LogP contribution in [-0.4, -0.2) is 33.8 Å². The van der Waals surface area contributed by atoms with Gasteiger partial charge in [0.25, 0.3) is 5.91 Å². The molecule has 0 unspecified atom stereocenters. The highest BCUT2D eigenvalue weighted by Crippen LogP contribution is 2.31. The molecule has 3 rings (SSSR count). The van der Waals surface area contributed by atoms with Crippen molar-refractivity contribution in [3.05, 3.63) is 73.7 Å². The van der Waals surface area contributed by atoms with Crippen molar-refractivity contribution < 1.29 is 18.5 Å². The predicted octanol–water partition coefficient (Wildman–Crippen LogP) is 2.19.